The van der Waals surface area contributed by atoms with Crippen LogP contribution in [-0.4, -0.2) is 31.6 Å². The number of hydrogen-bond donors (Lipinski definition) is 2. The van der Waals surface area contributed by atoms with Gasteiger partial charge in [0.2, 0.25) is 5.95 Å². The molecule has 18 heavy (non-hydrogen) atoms. The Kier molecular flexibility index (Phi) is 3.56. The van der Waals surface area contributed by atoms with Crippen molar-refractivity contribution in [3.63, 3.8) is 0 Å². The van der Waals surface area contributed by atoms with Gasteiger partial charge in [-0.25, -0.2) is 0 Å². The Hall–Kier alpha value is -1.96. The van der Waals surface area contributed by atoms with Gasteiger partial charge in [0.1, 0.15) is 5.76 Å². The molecule has 0 aliphatic rings. The summed E-state index contributed by atoms with van der Waals surface area (Å²) in [5, 5.41) is 16.7. The number of carboxylic acid groups (broad SMARTS) is 1. The predicted molar refractivity (Wildman–Crippen MR) is 65.3 cm³/mol. The summed E-state index contributed by atoms with van der Waals surface area (Å²) in [6.45, 7) is 1.88. The summed E-state index contributed by atoms with van der Waals surface area (Å²) >= 11 is 1.07. The van der Waals surface area contributed by atoms with Crippen molar-refractivity contribution < 1.29 is 14.3 Å². The Bertz CT molecular complexity index is 537. The highest BCUT2D eigenvalue weighted by molar-refractivity contribution is 7.99. The molecule has 2 aromatic heterocycles. The number of thioether (sulfide) groups is 1. The van der Waals surface area contributed by atoms with Crippen LogP contribution >= 0.6 is 11.8 Å². The van der Waals surface area contributed by atoms with Gasteiger partial charge in [-0.15, -0.1) is 10.2 Å². The second-order valence-corrected chi connectivity index (χ2v) is 4.53. The fourth-order valence-corrected chi connectivity index (χ4v) is 2.28. The first-order valence-corrected chi connectivity index (χ1v) is 6.16. The molecular weight excluding hydrogens is 256 g/mol. The van der Waals surface area contributed by atoms with Gasteiger partial charge in [0.25, 0.3) is 0 Å². The van der Waals surface area contributed by atoms with E-state index in [2.05, 4.69) is 10.2 Å². The second-order valence-electron chi connectivity index (χ2n) is 3.58. The molecule has 2 heterocycles. The van der Waals surface area contributed by atoms with Crippen molar-refractivity contribution in [2.24, 2.45) is 0 Å². The van der Waals surface area contributed by atoms with Crippen LogP contribution in [0.4, 0.5) is 5.95 Å². The van der Waals surface area contributed by atoms with Crippen LogP contribution in [0.3, 0.4) is 0 Å². The number of carbonyl (C=O) groups is 1. The number of hydrogen-bond acceptors (Lipinski definition) is 6. The second kappa shape index (κ2) is 5.13. The molecule has 7 nitrogen and oxygen atoms in total. The minimum absolute atomic E-state index is 0.0942. The molecule has 0 spiro atoms. The molecule has 0 aromatic carbocycles. The summed E-state index contributed by atoms with van der Waals surface area (Å²) in [6.07, 6.45) is 1.57. The maximum atomic E-state index is 10.6. The Morgan fingerprint density at radius 1 is 1.67 bits per heavy atom. The summed E-state index contributed by atoms with van der Waals surface area (Å²) in [4.78, 5) is 10.6. The van der Waals surface area contributed by atoms with Crippen LogP contribution in [0.2, 0.25) is 0 Å². The third kappa shape index (κ3) is 2.48. The number of aliphatic carboxylic acids is 1. The molecule has 0 aliphatic carbocycles. The van der Waals surface area contributed by atoms with E-state index in [0.717, 1.165) is 11.8 Å². The van der Waals surface area contributed by atoms with Crippen LogP contribution in [-0.2, 0) is 4.79 Å². The zero-order valence-corrected chi connectivity index (χ0v) is 10.4. The van der Waals surface area contributed by atoms with Gasteiger partial charge < -0.3 is 15.3 Å². The molecule has 0 amide bonds. The first kappa shape index (κ1) is 12.5. The summed E-state index contributed by atoms with van der Waals surface area (Å²) in [5.41, 5.74) is 5.74. The number of aromatic nitrogens is 3. The zero-order valence-electron chi connectivity index (χ0n) is 9.61. The van der Waals surface area contributed by atoms with E-state index >= 15 is 0 Å². The Balaban J connectivity index is 2.26. The van der Waals surface area contributed by atoms with E-state index < -0.39 is 5.97 Å². The molecule has 1 atom stereocenters. The van der Waals surface area contributed by atoms with E-state index in [1.807, 2.05) is 13.0 Å². The molecule has 0 bridgehead atoms. The van der Waals surface area contributed by atoms with Crippen LogP contribution in [0.5, 0.6) is 0 Å². The average molecular weight is 268 g/mol. The fraction of sp³-hybridized carbons (Fsp3) is 0.300. The molecule has 3 N–H and O–H groups in total. The molecule has 2 rings (SSSR count). The lowest BCUT2D eigenvalue weighted by Crippen LogP contribution is -2.11. The van der Waals surface area contributed by atoms with Crippen molar-refractivity contribution in [1.82, 2.24) is 14.8 Å². The lowest BCUT2D eigenvalue weighted by molar-refractivity contribution is -0.133. The van der Waals surface area contributed by atoms with Gasteiger partial charge in [-0.2, -0.15) is 0 Å². The third-order valence-electron chi connectivity index (χ3n) is 2.36. The zero-order chi connectivity index (χ0) is 13.1. The lowest BCUT2D eigenvalue weighted by Gasteiger charge is -2.13. The highest BCUT2D eigenvalue weighted by Crippen LogP contribution is 2.27. The van der Waals surface area contributed by atoms with Crippen molar-refractivity contribution in [2.75, 3.05) is 11.5 Å². The topological polar surface area (TPSA) is 107 Å². The van der Waals surface area contributed by atoms with Crippen molar-refractivity contribution in [3.8, 4) is 0 Å². The number of nitrogens with zero attached hydrogens (tertiary/aromatic N) is 3. The molecule has 0 radical (unpaired) electrons. The van der Waals surface area contributed by atoms with Gasteiger partial charge in [0.15, 0.2) is 5.16 Å². The van der Waals surface area contributed by atoms with Gasteiger partial charge in [-0.05, 0) is 19.1 Å². The first-order chi connectivity index (χ1) is 8.59. The predicted octanol–water partition coefficient (Wildman–Crippen LogP) is 1.24. The minimum atomic E-state index is -0.918. The van der Waals surface area contributed by atoms with Crippen LogP contribution < -0.4 is 5.73 Å². The van der Waals surface area contributed by atoms with Crippen LogP contribution in [0.1, 0.15) is 18.7 Å². The van der Waals surface area contributed by atoms with E-state index in [-0.39, 0.29) is 17.7 Å². The number of carboxylic acids is 1. The van der Waals surface area contributed by atoms with E-state index in [9.17, 15) is 4.79 Å². The van der Waals surface area contributed by atoms with E-state index in [1.165, 1.54) is 0 Å². The van der Waals surface area contributed by atoms with Crippen LogP contribution in [0, 0.1) is 0 Å². The van der Waals surface area contributed by atoms with E-state index in [0.29, 0.717) is 10.9 Å². The fourth-order valence-electron chi connectivity index (χ4n) is 1.53. The normalized spacial score (nSPS) is 12.5. The summed E-state index contributed by atoms with van der Waals surface area (Å²) in [5.74, 6) is -0.0764. The van der Waals surface area contributed by atoms with E-state index in [4.69, 9.17) is 15.3 Å². The number of anilines is 1. The van der Waals surface area contributed by atoms with E-state index in [1.54, 1.807) is 16.9 Å². The number of furan rings is 1. The minimum Gasteiger partial charge on any atom is -0.481 e. The van der Waals surface area contributed by atoms with Gasteiger partial charge in [0, 0.05) is 0 Å². The molecule has 0 aliphatic heterocycles. The monoisotopic (exact) mass is 268 g/mol. The molecule has 1 unspecified atom stereocenters. The quantitative estimate of drug-likeness (QED) is 0.785. The molecule has 8 heteroatoms. The van der Waals surface area contributed by atoms with Crippen molar-refractivity contribution >= 4 is 23.7 Å². The summed E-state index contributed by atoms with van der Waals surface area (Å²) < 4.78 is 6.94. The molecule has 0 saturated carbocycles. The van der Waals surface area contributed by atoms with Gasteiger partial charge in [-0.1, -0.05) is 11.8 Å². The summed E-state index contributed by atoms with van der Waals surface area (Å²) in [7, 11) is 0. The SMILES string of the molecule is CC(c1ccco1)n1c(N)nnc1SCC(=O)O. The maximum absolute atomic E-state index is 10.6. The van der Waals surface area contributed by atoms with Crippen molar-refractivity contribution in [2.45, 2.75) is 18.1 Å². The molecule has 96 valence electrons. The van der Waals surface area contributed by atoms with Crippen LogP contribution in [0.15, 0.2) is 28.0 Å². The van der Waals surface area contributed by atoms with Gasteiger partial charge in [0.05, 0.1) is 18.1 Å². The average Bonchev–Trinajstić information content (AvgIpc) is 2.94. The lowest BCUT2D eigenvalue weighted by atomic mass is 10.2. The van der Waals surface area contributed by atoms with Crippen molar-refractivity contribution in [1.29, 1.82) is 0 Å². The van der Waals surface area contributed by atoms with Crippen molar-refractivity contribution in [3.05, 3.63) is 24.2 Å². The largest absolute Gasteiger partial charge is 0.481 e. The molecular formula is C10H12N4O3S. The number of nitrogen functional groups attached to an aromatic ring is 1. The highest BCUT2D eigenvalue weighted by atomic mass is 32.2. The Morgan fingerprint density at radius 3 is 3.06 bits per heavy atom. The Labute approximate surface area is 107 Å². The van der Waals surface area contributed by atoms with Gasteiger partial charge >= 0.3 is 5.97 Å². The van der Waals surface area contributed by atoms with Crippen LogP contribution in [0.25, 0.3) is 0 Å². The first-order valence-electron chi connectivity index (χ1n) is 5.18. The number of nitrogens with two attached hydrogens (primary N) is 1. The molecule has 0 saturated heterocycles. The third-order valence-corrected chi connectivity index (χ3v) is 3.29. The standard InChI is InChI=1S/C10H12N4O3S/c1-6(7-3-2-4-17-7)14-9(11)12-13-10(14)18-5-8(15)16/h2-4,6H,5H2,1H3,(H2,11,12)(H,15,16). The maximum Gasteiger partial charge on any atom is 0.313 e. The Morgan fingerprint density at radius 2 is 2.44 bits per heavy atom. The highest BCUT2D eigenvalue weighted by Gasteiger charge is 2.19. The van der Waals surface area contributed by atoms with Gasteiger partial charge in [-0.3, -0.25) is 9.36 Å². The number of rotatable bonds is 5. The summed E-state index contributed by atoms with van der Waals surface area (Å²) in [6, 6.07) is 3.40. The molecule has 2 aromatic rings. The smallest absolute Gasteiger partial charge is 0.313 e. The molecule has 0 fully saturated rings.